The fraction of sp³-hybridized carbons (Fsp3) is 0.167. The van der Waals surface area contributed by atoms with Crippen LogP contribution in [-0.4, -0.2) is 26.5 Å². The Labute approximate surface area is 134 Å². The normalized spacial score (nSPS) is 11.2. The molecule has 0 amide bonds. The third-order valence-electron chi connectivity index (χ3n) is 2.67. The van der Waals surface area contributed by atoms with Gasteiger partial charge in [0.2, 0.25) is 0 Å². The monoisotopic (exact) mass is 390 g/mol. The van der Waals surface area contributed by atoms with Crippen molar-refractivity contribution in [3.63, 3.8) is 0 Å². The number of carbonyl (C=O) groups is 1. The number of rotatable bonds is 4. The summed E-state index contributed by atoms with van der Waals surface area (Å²) in [6, 6.07) is 5.15. The number of sulfonamides is 1. The molecule has 1 N–H and O–H groups in total. The van der Waals surface area contributed by atoms with Crippen LogP contribution in [0, 0.1) is 6.92 Å². The molecule has 0 radical (unpaired) electrons. The number of hydrogen-bond donors (Lipinski definition) is 1. The zero-order chi connectivity index (χ0) is 15.6. The van der Waals surface area contributed by atoms with Gasteiger partial charge in [-0.25, -0.2) is 18.2 Å². The Morgan fingerprint density at radius 3 is 2.81 bits per heavy atom. The first-order chi connectivity index (χ1) is 9.86. The topological polar surface area (TPSA) is 85.4 Å². The van der Waals surface area contributed by atoms with Crippen molar-refractivity contribution in [1.29, 1.82) is 0 Å². The van der Waals surface area contributed by atoms with E-state index in [9.17, 15) is 13.2 Å². The molecule has 1 heterocycles. The van der Waals surface area contributed by atoms with Crippen molar-refractivity contribution in [2.75, 3.05) is 11.8 Å². The van der Waals surface area contributed by atoms with Gasteiger partial charge in [0.15, 0.2) is 9.90 Å². The third kappa shape index (κ3) is 3.25. The zero-order valence-corrected chi connectivity index (χ0v) is 14.3. The van der Waals surface area contributed by atoms with Gasteiger partial charge in [-0.05, 0) is 24.6 Å². The fourth-order valence-electron chi connectivity index (χ4n) is 1.57. The molecule has 1 aromatic carbocycles. The number of ether oxygens (including phenoxy) is 1. The Bertz CT molecular complexity index is 786. The van der Waals surface area contributed by atoms with E-state index in [0.717, 1.165) is 21.4 Å². The van der Waals surface area contributed by atoms with Gasteiger partial charge >= 0.3 is 5.97 Å². The van der Waals surface area contributed by atoms with Crippen LogP contribution >= 0.6 is 27.3 Å². The van der Waals surface area contributed by atoms with Crippen molar-refractivity contribution in [2.45, 2.75) is 11.1 Å². The number of nitrogens with one attached hydrogen (secondary N) is 1. The van der Waals surface area contributed by atoms with E-state index in [0.29, 0.717) is 5.69 Å². The summed E-state index contributed by atoms with van der Waals surface area (Å²) in [5, 5.41) is 0. The van der Waals surface area contributed by atoms with Crippen LogP contribution in [-0.2, 0) is 14.8 Å². The molecule has 112 valence electrons. The van der Waals surface area contributed by atoms with Gasteiger partial charge < -0.3 is 4.74 Å². The van der Waals surface area contributed by atoms with Gasteiger partial charge in [-0.3, -0.25) is 4.72 Å². The van der Waals surface area contributed by atoms with Crippen LogP contribution in [0.4, 0.5) is 5.69 Å². The van der Waals surface area contributed by atoms with E-state index in [1.807, 2.05) is 0 Å². The number of benzene rings is 1. The molecule has 0 aliphatic rings. The molecule has 0 saturated heterocycles. The van der Waals surface area contributed by atoms with Gasteiger partial charge in [0, 0.05) is 4.47 Å². The number of aromatic nitrogens is 1. The molecule has 2 rings (SSSR count). The Kier molecular flexibility index (Phi) is 4.64. The summed E-state index contributed by atoms with van der Waals surface area (Å²) in [5.74, 6) is -0.789. The van der Waals surface area contributed by atoms with E-state index < -0.39 is 16.0 Å². The molecule has 6 nitrogen and oxygen atoms in total. The summed E-state index contributed by atoms with van der Waals surface area (Å²) < 4.78 is 32.4. The maximum atomic E-state index is 12.4. The standard InChI is InChI=1S/C12H11BrN2O4S2/c1-7-8(13)4-3-5-9(7)15-21(17,18)12-10(11(16)19-2)14-6-20-12/h3-6,15H,1-2H3. The quantitative estimate of drug-likeness (QED) is 0.811. The molecule has 0 atom stereocenters. The van der Waals surface area contributed by atoms with Gasteiger partial charge in [-0.2, -0.15) is 0 Å². The van der Waals surface area contributed by atoms with E-state index in [4.69, 9.17) is 0 Å². The molecule has 2 aromatic rings. The highest BCUT2D eigenvalue weighted by Crippen LogP contribution is 2.28. The van der Waals surface area contributed by atoms with Crippen molar-refractivity contribution < 1.29 is 17.9 Å². The predicted molar refractivity (Wildman–Crippen MR) is 83.1 cm³/mol. The van der Waals surface area contributed by atoms with Crippen molar-refractivity contribution in [3.8, 4) is 0 Å². The van der Waals surface area contributed by atoms with E-state index in [-0.39, 0.29) is 9.90 Å². The van der Waals surface area contributed by atoms with Crippen LogP contribution in [0.3, 0.4) is 0 Å². The lowest BCUT2D eigenvalue weighted by atomic mass is 10.2. The average molecular weight is 391 g/mol. The minimum Gasteiger partial charge on any atom is -0.464 e. The number of nitrogens with zero attached hydrogens (tertiary/aromatic N) is 1. The number of anilines is 1. The van der Waals surface area contributed by atoms with Gasteiger partial charge in [-0.15, -0.1) is 11.3 Å². The molecule has 21 heavy (non-hydrogen) atoms. The Morgan fingerprint density at radius 1 is 1.43 bits per heavy atom. The molecule has 0 spiro atoms. The number of esters is 1. The predicted octanol–water partition coefficient (Wildman–Crippen LogP) is 2.80. The SMILES string of the molecule is COC(=O)c1ncsc1S(=O)(=O)Nc1cccc(Br)c1C. The molecule has 9 heteroatoms. The molecule has 0 unspecified atom stereocenters. The maximum Gasteiger partial charge on any atom is 0.358 e. The highest BCUT2D eigenvalue weighted by molar-refractivity contribution is 9.10. The van der Waals surface area contributed by atoms with Crippen LogP contribution in [0.25, 0.3) is 0 Å². The van der Waals surface area contributed by atoms with Crippen molar-refractivity contribution in [2.24, 2.45) is 0 Å². The third-order valence-corrected chi connectivity index (χ3v) is 6.26. The number of carbonyl (C=O) groups excluding carboxylic acids is 1. The Balaban J connectivity index is 2.42. The van der Waals surface area contributed by atoms with Crippen LogP contribution in [0.2, 0.25) is 0 Å². The lowest BCUT2D eigenvalue weighted by Crippen LogP contribution is -2.16. The van der Waals surface area contributed by atoms with Crippen LogP contribution < -0.4 is 4.72 Å². The first-order valence-electron chi connectivity index (χ1n) is 5.66. The van der Waals surface area contributed by atoms with Gasteiger partial charge in [0.1, 0.15) is 0 Å². The average Bonchev–Trinajstić information content (AvgIpc) is 2.93. The van der Waals surface area contributed by atoms with Crippen molar-refractivity contribution in [3.05, 3.63) is 39.4 Å². The summed E-state index contributed by atoms with van der Waals surface area (Å²) in [5.41, 5.74) is 2.23. The highest BCUT2D eigenvalue weighted by Gasteiger charge is 2.27. The molecular formula is C12H11BrN2O4S2. The maximum absolute atomic E-state index is 12.4. The largest absolute Gasteiger partial charge is 0.464 e. The van der Waals surface area contributed by atoms with Crippen LogP contribution in [0.1, 0.15) is 16.1 Å². The zero-order valence-electron chi connectivity index (χ0n) is 11.1. The second kappa shape index (κ2) is 6.12. The summed E-state index contributed by atoms with van der Waals surface area (Å²) in [6.45, 7) is 1.77. The number of thiazole rings is 1. The van der Waals surface area contributed by atoms with Crippen molar-refractivity contribution in [1.82, 2.24) is 4.98 Å². The number of methoxy groups -OCH3 is 1. The van der Waals surface area contributed by atoms with Gasteiger partial charge in [0.05, 0.1) is 18.3 Å². The van der Waals surface area contributed by atoms with Crippen LogP contribution in [0.15, 0.2) is 32.4 Å². The first kappa shape index (κ1) is 15.9. The highest BCUT2D eigenvalue weighted by atomic mass is 79.9. The van der Waals surface area contributed by atoms with Crippen molar-refractivity contribution >= 4 is 48.9 Å². The number of hydrogen-bond acceptors (Lipinski definition) is 6. The minimum absolute atomic E-state index is 0.172. The summed E-state index contributed by atoms with van der Waals surface area (Å²) in [7, 11) is -2.74. The van der Waals surface area contributed by atoms with Crippen LogP contribution in [0.5, 0.6) is 0 Å². The van der Waals surface area contributed by atoms with E-state index in [1.54, 1.807) is 25.1 Å². The van der Waals surface area contributed by atoms with Gasteiger partial charge in [0.25, 0.3) is 10.0 Å². The van der Waals surface area contributed by atoms with E-state index >= 15 is 0 Å². The molecule has 0 bridgehead atoms. The lowest BCUT2D eigenvalue weighted by molar-refractivity contribution is 0.0590. The molecule has 0 fully saturated rings. The molecule has 0 aliphatic heterocycles. The van der Waals surface area contributed by atoms with E-state index in [1.165, 1.54) is 12.6 Å². The molecule has 0 aliphatic carbocycles. The smallest absolute Gasteiger partial charge is 0.358 e. The first-order valence-corrected chi connectivity index (χ1v) is 8.82. The lowest BCUT2D eigenvalue weighted by Gasteiger charge is -2.10. The second-order valence-corrected chi connectivity index (χ2v) is 7.58. The Hall–Kier alpha value is -1.45. The molecule has 0 saturated carbocycles. The molecular weight excluding hydrogens is 380 g/mol. The second-order valence-electron chi connectivity index (χ2n) is 4.00. The Morgan fingerprint density at radius 2 is 2.14 bits per heavy atom. The number of halogens is 1. The summed E-state index contributed by atoms with van der Waals surface area (Å²) in [4.78, 5) is 15.3. The van der Waals surface area contributed by atoms with Gasteiger partial charge in [-0.1, -0.05) is 22.0 Å². The minimum atomic E-state index is -3.91. The fourth-order valence-corrected chi connectivity index (χ4v) is 4.19. The summed E-state index contributed by atoms with van der Waals surface area (Å²) in [6.07, 6.45) is 0. The summed E-state index contributed by atoms with van der Waals surface area (Å²) >= 11 is 4.19. The molecule has 1 aromatic heterocycles. The van der Waals surface area contributed by atoms with E-state index in [2.05, 4.69) is 30.4 Å².